The van der Waals surface area contributed by atoms with Crippen LogP contribution in [-0.2, 0) is 0 Å². The highest BCUT2D eigenvalue weighted by atomic mass is 32.2. The molecule has 1 aromatic carbocycles. The highest BCUT2D eigenvalue weighted by Gasteiger charge is 2.15. The first kappa shape index (κ1) is 15.5. The van der Waals surface area contributed by atoms with Crippen LogP contribution in [0.15, 0.2) is 18.2 Å². The molecule has 20 heavy (non-hydrogen) atoms. The van der Waals surface area contributed by atoms with Crippen LogP contribution in [0.25, 0.3) is 0 Å². The summed E-state index contributed by atoms with van der Waals surface area (Å²) in [7, 11) is 0. The molecule has 0 fully saturated rings. The number of aliphatic hydroxyl groups is 1. The number of hydrogen-bond donors (Lipinski definition) is 2. The standard InChI is InChI=1S/C15H23NO3S/c1-11(10-20-2)8-16-9-13(17)12-3-4-14-15(7-12)19-6-5-18-14/h3-4,7,11,13,16-17H,5-6,8-10H2,1-2H3. The molecule has 0 amide bonds. The zero-order valence-electron chi connectivity index (χ0n) is 12.1. The van der Waals surface area contributed by atoms with E-state index in [2.05, 4.69) is 18.5 Å². The topological polar surface area (TPSA) is 50.7 Å². The predicted octanol–water partition coefficient (Wildman–Crippen LogP) is 2.08. The van der Waals surface area contributed by atoms with E-state index in [0.29, 0.717) is 25.7 Å². The fraction of sp³-hybridized carbons (Fsp3) is 0.600. The van der Waals surface area contributed by atoms with Gasteiger partial charge in [0.05, 0.1) is 6.10 Å². The summed E-state index contributed by atoms with van der Waals surface area (Å²) in [6.07, 6.45) is 1.59. The van der Waals surface area contributed by atoms with Gasteiger partial charge in [-0.2, -0.15) is 11.8 Å². The van der Waals surface area contributed by atoms with Crippen LogP contribution in [-0.4, -0.2) is 43.4 Å². The van der Waals surface area contributed by atoms with Gasteiger partial charge in [-0.25, -0.2) is 0 Å². The molecule has 1 aromatic rings. The van der Waals surface area contributed by atoms with Crippen molar-refractivity contribution in [3.05, 3.63) is 23.8 Å². The van der Waals surface area contributed by atoms with Gasteiger partial charge >= 0.3 is 0 Å². The number of benzene rings is 1. The second kappa shape index (κ2) is 7.76. The van der Waals surface area contributed by atoms with Crippen LogP contribution < -0.4 is 14.8 Å². The number of hydrogen-bond acceptors (Lipinski definition) is 5. The van der Waals surface area contributed by atoms with E-state index < -0.39 is 6.10 Å². The zero-order chi connectivity index (χ0) is 14.4. The monoisotopic (exact) mass is 297 g/mol. The molecule has 2 rings (SSSR count). The smallest absolute Gasteiger partial charge is 0.161 e. The first-order valence-corrected chi connectivity index (χ1v) is 8.37. The highest BCUT2D eigenvalue weighted by Crippen LogP contribution is 2.32. The Morgan fingerprint density at radius 3 is 2.75 bits per heavy atom. The second-order valence-corrected chi connectivity index (χ2v) is 6.05. The number of ether oxygens (including phenoxy) is 2. The van der Waals surface area contributed by atoms with Crippen LogP contribution in [0.5, 0.6) is 11.5 Å². The third-order valence-electron chi connectivity index (χ3n) is 3.23. The lowest BCUT2D eigenvalue weighted by molar-refractivity contribution is 0.162. The molecule has 0 aromatic heterocycles. The molecule has 0 bridgehead atoms. The maximum atomic E-state index is 10.2. The van der Waals surface area contributed by atoms with Gasteiger partial charge < -0.3 is 19.9 Å². The van der Waals surface area contributed by atoms with E-state index in [9.17, 15) is 5.11 Å². The molecular weight excluding hydrogens is 274 g/mol. The Hall–Kier alpha value is -0.910. The summed E-state index contributed by atoms with van der Waals surface area (Å²) < 4.78 is 11.0. The average Bonchev–Trinajstić information content (AvgIpc) is 2.47. The molecule has 4 nitrogen and oxygen atoms in total. The third-order valence-corrected chi connectivity index (χ3v) is 4.14. The van der Waals surface area contributed by atoms with E-state index in [1.807, 2.05) is 30.0 Å². The Bertz CT molecular complexity index is 428. The molecule has 1 heterocycles. The van der Waals surface area contributed by atoms with Crippen molar-refractivity contribution >= 4 is 11.8 Å². The van der Waals surface area contributed by atoms with Gasteiger partial charge in [0.25, 0.3) is 0 Å². The summed E-state index contributed by atoms with van der Waals surface area (Å²) in [5.41, 5.74) is 0.860. The average molecular weight is 297 g/mol. The van der Waals surface area contributed by atoms with Crippen molar-refractivity contribution < 1.29 is 14.6 Å². The Morgan fingerprint density at radius 1 is 1.25 bits per heavy atom. The molecule has 0 spiro atoms. The molecular formula is C15H23NO3S. The van der Waals surface area contributed by atoms with Crippen LogP contribution in [0.2, 0.25) is 0 Å². The zero-order valence-corrected chi connectivity index (χ0v) is 12.9. The Balaban J connectivity index is 1.84. The molecule has 2 atom stereocenters. The van der Waals surface area contributed by atoms with Gasteiger partial charge in [0.1, 0.15) is 13.2 Å². The quantitative estimate of drug-likeness (QED) is 0.807. The minimum atomic E-state index is -0.521. The molecule has 1 aliphatic heterocycles. The molecule has 0 aliphatic carbocycles. The molecule has 2 N–H and O–H groups in total. The summed E-state index contributed by atoms with van der Waals surface area (Å²) >= 11 is 1.85. The van der Waals surface area contributed by atoms with E-state index >= 15 is 0 Å². The Kier molecular flexibility index (Phi) is 6.01. The first-order chi connectivity index (χ1) is 9.70. The number of fused-ring (bicyclic) bond motifs is 1. The van der Waals surface area contributed by atoms with Crippen molar-refractivity contribution in [1.29, 1.82) is 0 Å². The minimum absolute atomic E-state index is 0.521. The first-order valence-electron chi connectivity index (χ1n) is 6.98. The van der Waals surface area contributed by atoms with Crippen molar-refractivity contribution in [2.45, 2.75) is 13.0 Å². The largest absolute Gasteiger partial charge is 0.486 e. The van der Waals surface area contributed by atoms with E-state index in [4.69, 9.17) is 9.47 Å². The lowest BCUT2D eigenvalue weighted by Gasteiger charge is -2.20. The summed E-state index contributed by atoms with van der Waals surface area (Å²) in [6.45, 7) is 4.83. The van der Waals surface area contributed by atoms with Gasteiger partial charge in [-0.1, -0.05) is 13.0 Å². The third kappa shape index (κ3) is 4.30. The van der Waals surface area contributed by atoms with E-state index in [1.165, 1.54) is 0 Å². The molecule has 2 unspecified atom stereocenters. The van der Waals surface area contributed by atoms with Crippen molar-refractivity contribution in [3.63, 3.8) is 0 Å². The predicted molar refractivity (Wildman–Crippen MR) is 82.8 cm³/mol. The van der Waals surface area contributed by atoms with Gasteiger partial charge in [0.2, 0.25) is 0 Å². The number of rotatable bonds is 7. The second-order valence-electron chi connectivity index (χ2n) is 5.14. The fourth-order valence-electron chi connectivity index (χ4n) is 2.19. The molecule has 0 radical (unpaired) electrons. The van der Waals surface area contributed by atoms with Gasteiger partial charge in [-0.05, 0) is 42.2 Å². The van der Waals surface area contributed by atoms with E-state index in [0.717, 1.165) is 29.4 Å². The van der Waals surface area contributed by atoms with Gasteiger partial charge in [-0.3, -0.25) is 0 Å². The highest BCUT2D eigenvalue weighted by molar-refractivity contribution is 7.98. The SMILES string of the molecule is CSCC(C)CNCC(O)c1ccc2c(c1)OCCO2. The van der Waals surface area contributed by atoms with Crippen LogP contribution in [0, 0.1) is 5.92 Å². The van der Waals surface area contributed by atoms with Crippen molar-refractivity contribution in [2.75, 3.05) is 38.3 Å². The van der Waals surface area contributed by atoms with Gasteiger partial charge in [0.15, 0.2) is 11.5 Å². The molecule has 0 saturated carbocycles. The maximum absolute atomic E-state index is 10.2. The van der Waals surface area contributed by atoms with Crippen LogP contribution in [0.4, 0.5) is 0 Å². The van der Waals surface area contributed by atoms with Crippen molar-refractivity contribution in [1.82, 2.24) is 5.32 Å². The lowest BCUT2D eigenvalue weighted by Crippen LogP contribution is -2.27. The van der Waals surface area contributed by atoms with Gasteiger partial charge in [-0.15, -0.1) is 0 Å². The van der Waals surface area contributed by atoms with E-state index in [-0.39, 0.29) is 0 Å². The van der Waals surface area contributed by atoms with Gasteiger partial charge in [0, 0.05) is 6.54 Å². The Labute approximate surface area is 124 Å². The lowest BCUT2D eigenvalue weighted by atomic mass is 10.1. The van der Waals surface area contributed by atoms with Crippen LogP contribution >= 0.6 is 11.8 Å². The summed E-state index contributed by atoms with van der Waals surface area (Å²) in [5, 5.41) is 13.5. The maximum Gasteiger partial charge on any atom is 0.161 e. The van der Waals surface area contributed by atoms with Crippen LogP contribution in [0.3, 0.4) is 0 Å². The summed E-state index contributed by atoms with van der Waals surface area (Å²) in [6, 6.07) is 5.63. The normalized spacial score (nSPS) is 16.8. The molecule has 1 aliphatic rings. The van der Waals surface area contributed by atoms with Crippen LogP contribution in [0.1, 0.15) is 18.6 Å². The molecule has 5 heteroatoms. The number of aliphatic hydroxyl groups excluding tert-OH is 1. The molecule has 112 valence electrons. The number of thioether (sulfide) groups is 1. The van der Waals surface area contributed by atoms with Crippen molar-refractivity contribution in [2.24, 2.45) is 5.92 Å². The number of nitrogens with one attached hydrogen (secondary N) is 1. The summed E-state index contributed by atoms with van der Waals surface area (Å²) in [5.74, 6) is 3.22. The summed E-state index contributed by atoms with van der Waals surface area (Å²) in [4.78, 5) is 0. The minimum Gasteiger partial charge on any atom is -0.486 e. The van der Waals surface area contributed by atoms with Crippen molar-refractivity contribution in [3.8, 4) is 11.5 Å². The molecule has 0 saturated heterocycles. The van der Waals surface area contributed by atoms with E-state index in [1.54, 1.807) is 0 Å². The fourth-order valence-corrected chi connectivity index (χ4v) is 2.88. The Morgan fingerprint density at radius 2 is 2.00 bits per heavy atom.